The average Bonchev–Trinajstić information content (AvgIpc) is 2.55. The van der Waals surface area contributed by atoms with E-state index in [1.165, 1.54) is 6.20 Å². The quantitative estimate of drug-likeness (QED) is 0.428. The number of hydrogen-bond donors (Lipinski definition) is 3. The van der Waals surface area contributed by atoms with Gasteiger partial charge in [0, 0.05) is 28.6 Å². The van der Waals surface area contributed by atoms with Gasteiger partial charge in [0.05, 0.1) is 0 Å². The zero-order chi connectivity index (χ0) is 16.7. The van der Waals surface area contributed by atoms with Crippen molar-refractivity contribution >= 4 is 33.2 Å². The number of nitrogens with one attached hydrogen (secondary N) is 2. The summed E-state index contributed by atoms with van der Waals surface area (Å²) in [6.45, 7) is 0.521. The molecule has 0 saturated carbocycles. The molecule has 2 aromatic rings. The zero-order valence-corrected chi connectivity index (χ0v) is 13.8. The maximum absolute atomic E-state index is 12.0. The number of benzene rings is 2. The molecule has 5 nitrogen and oxygen atoms in total. The molecule has 0 bridgehead atoms. The Labute approximate surface area is 142 Å². The van der Waals surface area contributed by atoms with E-state index in [-0.39, 0.29) is 5.57 Å². The van der Waals surface area contributed by atoms with E-state index >= 15 is 0 Å². The molecule has 4 N–H and O–H groups in total. The Hall–Kier alpha value is -2.78. The highest BCUT2D eigenvalue weighted by Gasteiger charge is 2.08. The predicted molar refractivity (Wildman–Crippen MR) is 94.2 cm³/mol. The molecule has 0 aliphatic rings. The van der Waals surface area contributed by atoms with Crippen molar-refractivity contribution < 1.29 is 4.79 Å². The summed E-state index contributed by atoms with van der Waals surface area (Å²) in [7, 11) is 0. The first kappa shape index (κ1) is 16.6. The molecule has 0 fully saturated rings. The molecular formula is C17H15BrN4O. The number of hydrogen-bond acceptors (Lipinski definition) is 4. The Morgan fingerprint density at radius 2 is 1.83 bits per heavy atom. The largest absolute Gasteiger partial charge is 0.399 e. The van der Waals surface area contributed by atoms with E-state index in [0.29, 0.717) is 17.9 Å². The lowest BCUT2D eigenvalue weighted by Crippen LogP contribution is -2.16. The first-order valence-electron chi connectivity index (χ1n) is 6.83. The summed E-state index contributed by atoms with van der Waals surface area (Å²) < 4.78 is 0.998. The van der Waals surface area contributed by atoms with E-state index in [4.69, 9.17) is 11.0 Å². The molecule has 0 saturated heterocycles. The van der Waals surface area contributed by atoms with Crippen LogP contribution >= 0.6 is 15.9 Å². The van der Waals surface area contributed by atoms with Gasteiger partial charge in [0.25, 0.3) is 5.91 Å². The Kier molecular flexibility index (Phi) is 5.78. The van der Waals surface area contributed by atoms with Crippen LogP contribution in [0.25, 0.3) is 0 Å². The normalized spacial score (nSPS) is 10.7. The minimum atomic E-state index is -0.472. The van der Waals surface area contributed by atoms with Gasteiger partial charge in [0.2, 0.25) is 0 Å². The third-order valence-corrected chi connectivity index (χ3v) is 3.53. The molecule has 0 radical (unpaired) electrons. The van der Waals surface area contributed by atoms with Crippen molar-refractivity contribution in [1.29, 1.82) is 5.26 Å². The molecule has 1 amide bonds. The number of amides is 1. The molecule has 0 atom stereocenters. The molecule has 23 heavy (non-hydrogen) atoms. The molecule has 6 heteroatoms. The summed E-state index contributed by atoms with van der Waals surface area (Å²) in [5, 5.41) is 14.7. The van der Waals surface area contributed by atoms with Crippen LogP contribution < -0.4 is 16.4 Å². The van der Waals surface area contributed by atoms with Crippen LogP contribution in [0.5, 0.6) is 0 Å². The smallest absolute Gasteiger partial charge is 0.267 e. The molecule has 0 spiro atoms. The van der Waals surface area contributed by atoms with Gasteiger partial charge in [-0.15, -0.1) is 0 Å². The Bertz CT molecular complexity index is 746. The number of nitriles is 1. The van der Waals surface area contributed by atoms with Crippen LogP contribution in [0, 0.1) is 11.3 Å². The van der Waals surface area contributed by atoms with E-state index in [9.17, 15) is 4.79 Å². The fraction of sp³-hybridized carbons (Fsp3) is 0.0588. The van der Waals surface area contributed by atoms with Crippen molar-refractivity contribution in [2.45, 2.75) is 6.54 Å². The maximum atomic E-state index is 12.0. The molecule has 2 aromatic carbocycles. The van der Waals surface area contributed by atoms with Crippen molar-refractivity contribution in [3.8, 4) is 6.07 Å². The van der Waals surface area contributed by atoms with Gasteiger partial charge in [-0.3, -0.25) is 4.79 Å². The lowest BCUT2D eigenvalue weighted by Gasteiger charge is -2.06. The van der Waals surface area contributed by atoms with Gasteiger partial charge in [0.15, 0.2) is 0 Å². The summed E-state index contributed by atoms with van der Waals surface area (Å²) in [6.07, 6.45) is 1.41. The van der Waals surface area contributed by atoms with E-state index in [1.807, 2.05) is 30.3 Å². The fourth-order valence-electron chi connectivity index (χ4n) is 1.79. The van der Waals surface area contributed by atoms with Crippen molar-refractivity contribution in [2.75, 3.05) is 11.1 Å². The first-order valence-corrected chi connectivity index (χ1v) is 7.63. The van der Waals surface area contributed by atoms with Gasteiger partial charge < -0.3 is 16.4 Å². The summed E-state index contributed by atoms with van der Waals surface area (Å²) in [5.74, 6) is -0.472. The number of carbonyl (C=O) groups is 1. The van der Waals surface area contributed by atoms with Crippen LogP contribution in [0.15, 0.2) is 64.8 Å². The van der Waals surface area contributed by atoms with Crippen LogP contribution in [0.2, 0.25) is 0 Å². The molecule has 0 unspecified atom stereocenters. The van der Waals surface area contributed by atoms with Crippen LogP contribution in [0.4, 0.5) is 11.4 Å². The number of halogens is 1. The molecule has 0 aromatic heterocycles. The molecule has 0 aliphatic heterocycles. The second kappa shape index (κ2) is 8.01. The van der Waals surface area contributed by atoms with E-state index in [1.54, 1.807) is 24.3 Å². The Morgan fingerprint density at radius 3 is 2.43 bits per heavy atom. The Balaban J connectivity index is 1.95. The van der Waals surface area contributed by atoms with Crippen molar-refractivity contribution in [3.63, 3.8) is 0 Å². The van der Waals surface area contributed by atoms with Crippen LogP contribution in [0.3, 0.4) is 0 Å². The maximum Gasteiger partial charge on any atom is 0.267 e. The SMILES string of the molecule is N#C/C(=C/NCc1ccc(Br)cc1)C(=O)Nc1ccc(N)cc1. The molecule has 0 heterocycles. The highest BCUT2D eigenvalue weighted by atomic mass is 79.9. The minimum Gasteiger partial charge on any atom is -0.399 e. The lowest BCUT2D eigenvalue weighted by molar-refractivity contribution is -0.112. The van der Waals surface area contributed by atoms with E-state index in [0.717, 1.165) is 10.0 Å². The molecular weight excluding hydrogens is 356 g/mol. The second-order valence-electron chi connectivity index (χ2n) is 4.75. The second-order valence-corrected chi connectivity index (χ2v) is 5.67. The van der Waals surface area contributed by atoms with Gasteiger partial charge >= 0.3 is 0 Å². The summed E-state index contributed by atoms with van der Waals surface area (Å²) >= 11 is 3.37. The number of nitrogen functional groups attached to an aromatic ring is 1. The molecule has 2 rings (SSSR count). The van der Waals surface area contributed by atoms with Gasteiger partial charge in [0.1, 0.15) is 11.6 Å². The third kappa shape index (κ3) is 5.16. The van der Waals surface area contributed by atoms with Crippen molar-refractivity contribution in [2.24, 2.45) is 0 Å². The highest BCUT2D eigenvalue weighted by molar-refractivity contribution is 9.10. The number of carbonyl (C=O) groups excluding carboxylic acids is 1. The molecule has 116 valence electrons. The summed E-state index contributed by atoms with van der Waals surface area (Å²) in [6, 6.07) is 16.4. The average molecular weight is 371 g/mol. The summed E-state index contributed by atoms with van der Waals surface area (Å²) in [5.41, 5.74) is 7.81. The third-order valence-electron chi connectivity index (χ3n) is 3.00. The van der Waals surface area contributed by atoms with Crippen LogP contribution in [0.1, 0.15) is 5.56 Å². The highest BCUT2D eigenvalue weighted by Crippen LogP contribution is 2.12. The van der Waals surface area contributed by atoms with Crippen LogP contribution in [-0.4, -0.2) is 5.91 Å². The standard InChI is InChI=1S/C17H15BrN4O/c18-14-3-1-12(2-4-14)10-21-11-13(9-19)17(23)22-16-7-5-15(20)6-8-16/h1-8,11,21H,10,20H2,(H,22,23)/b13-11-. The number of nitrogens with zero attached hydrogens (tertiary/aromatic N) is 1. The topological polar surface area (TPSA) is 90.9 Å². The Morgan fingerprint density at radius 1 is 1.17 bits per heavy atom. The lowest BCUT2D eigenvalue weighted by atomic mass is 10.2. The number of rotatable bonds is 5. The monoisotopic (exact) mass is 370 g/mol. The summed E-state index contributed by atoms with van der Waals surface area (Å²) in [4.78, 5) is 12.0. The number of anilines is 2. The zero-order valence-electron chi connectivity index (χ0n) is 12.2. The van der Waals surface area contributed by atoms with Crippen LogP contribution in [-0.2, 0) is 11.3 Å². The van der Waals surface area contributed by atoms with E-state index < -0.39 is 5.91 Å². The number of nitrogens with two attached hydrogens (primary N) is 1. The predicted octanol–water partition coefficient (Wildman–Crippen LogP) is 3.17. The van der Waals surface area contributed by atoms with E-state index in [2.05, 4.69) is 26.6 Å². The van der Waals surface area contributed by atoms with Gasteiger partial charge in [-0.2, -0.15) is 5.26 Å². The fourth-order valence-corrected chi connectivity index (χ4v) is 2.05. The minimum absolute atomic E-state index is 0.000985. The molecule has 0 aliphatic carbocycles. The van der Waals surface area contributed by atoms with Crippen molar-refractivity contribution in [1.82, 2.24) is 5.32 Å². The first-order chi connectivity index (χ1) is 11.1. The van der Waals surface area contributed by atoms with Gasteiger partial charge in [-0.1, -0.05) is 28.1 Å². The van der Waals surface area contributed by atoms with Crippen molar-refractivity contribution in [3.05, 3.63) is 70.3 Å². The van der Waals surface area contributed by atoms with Gasteiger partial charge in [-0.25, -0.2) is 0 Å². The van der Waals surface area contributed by atoms with Gasteiger partial charge in [-0.05, 0) is 42.0 Å².